The fraction of sp³-hybridized carbons (Fsp3) is 0.375. The van der Waals surface area contributed by atoms with Crippen LogP contribution in [0.25, 0.3) is 0 Å². The van der Waals surface area contributed by atoms with Crippen LogP contribution in [-0.2, 0) is 0 Å². The molecule has 5 nitrogen and oxygen atoms in total. The van der Waals surface area contributed by atoms with Gasteiger partial charge >= 0.3 is 0 Å². The number of nitrogens with two attached hydrogens (primary N) is 1. The molecule has 0 bridgehead atoms. The monoisotopic (exact) mass is 285 g/mol. The van der Waals surface area contributed by atoms with Crippen molar-refractivity contribution in [1.82, 2.24) is 9.97 Å². The Morgan fingerprint density at radius 1 is 1.29 bits per heavy atom. The van der Waals surface area contributed by atoms with Gasteiger partial charge in [-0.25, -0.2) is 9.97 Å². The second-order valence-electron chi connectivity index (χ2n) is 5.23. The van der Waals surface area contributed by atoms with Gasteiger partial charge in [0.05, 0.1) is 0 Å². The van der Waals surface area contributed by atoms with Crippen LogP contribution in [0.5, 0.6) is 0 Å². The maximum Gasteiger partial charge on any atom is 0.159 e. The molecule has 0 spiro atoms. The van der Waals surface area contributed by atoms with Crippen molar-refractivity contribution in [2.24, 2.45) is 0 Å². The third-order valence-corrected chi connectivity index (χ3v) is 3.35. The van der Waals surface area contributed by atoms with Crippen LogP contribution in [0.3, 0.4) is 0 Å². The standard InChI is InChI=1S/C16H23N5/c1-4-5-9-21(3)16-14(17)15(18-11-19-16)20-13-8-6-7-12(2)10-13/h6-8,10-11H,4-5,9,17H2,1-3H3,(H,18,19,20). The van der Waals surface area contributed by atoms with E-state index in [0.717, 1.165) is 30.9 Å². The van der Waals surface area contributed by atoms with E-state index in [1.807, 2.05) is 19.2 Å². The zero-order valence-corrected chi connectivity index (χ0v) is 12.9. The Morgan fingerprint density at radius 2 is 2.10 bits per heavy atom. The Bertz CT molecular complexity index is 597. The number of benzene rings is 1. The Morgan fingerprint density at radius 3 is 2.81 bits per heavy atom. The first-order valence-corrected chi connectivity index (χ1v) is 7.27. The molecule has 0 aliphatic carbocycles. The van der Waals surface area contributed by atoms with Crippen molar-refractivity contribution >= 4 is 23.0 Å². The third-order valence-electron chi connectivity index (χ3n) is 3.35. The quantitative estimate of drug-likeness (QED) is 0.852. The van der Waals surface area contributed by atoms with Crippen molar-refractivity contribution in [3.05, 3.63) is 36.2 Å². The molecule has 112 valence electrons. The van der Waals surface area contributed by atoms with Gasteiger partial charge in [0.25, 0.3) is 0 Å². The van der Waals surface area contributed by atoms with Gasteiger partial charge in [0.1, 0.15) is 12.0 Å². The fourth-order valence-corrected chi connectivity index (χ4v) is 2.15. The zero-order valence-electron chi connectivity index (χ0n) is 12.9. The molecule has 0 atom stereocenters. The summed E-state index contributed by atoms with van der Waals surface area (Å²) in [6.07, 6.45) is 3.80. The highest BCUT2D eigenvalue weighted by Gasteiger charge is 2.11. The van der Waals surface area contributed by atoms with Crippen LogP contribution in [-0.4, -0.2) is 23.6 Å². The van der Waals surface area contributed by atoms with Crippen LogP contribution < -0.4 is 16.0 Å². The van der Waals surface area contributed by atoms with Crippen molar-refractivity contribution in [2.45, 2.75) is 26.7 Å². The molecule has 0 radical (unpaired) electrons. The largest absolute Gasteiger partial charge is 0.393 e. The maximum atomic E-state index is 6.21. The smallest absolute Gasteiger partial charge is 0.159 e. The molecule has 0 saturated carbocycles. The molecule has 2 rings (SSSR count). The van der Waals surface area contributed by atoms with E-state index in [2.05, 4.69) is 46.2 Å². The average molecular weight is 285 g/mol. The minimum absolute atomic E-state index is 0.581. The van der Waals surface area contributed by atoms with Crippen molar-refractivity contribution in [2.75, 3.05) is 29.5 Å². The van der Waals surface area contributed by atoms with Crippen LogP contribution in [0.4, 0.5) is 23.0 Å². The lowest BCUT2D eigenvalue weighted by Crippen LogP contribution is -2.21. The summed E-state index contributed by atoms with van der Waals surface area (Å²) in [6.45, 7) is 5.15. The first-order valence-electron chi connectivity index (χ1n) is 7.27. The van der Waals surface area contributed by atoms with E-state index in [1.54, 1.807) is 6.33 Å². The topological polar surface area (TPSA) is 67.1 Å². The van der Waals surface area contributed by atoms with E-state index in [4.69, 9.17) is 5.73 Å². The molecule has 0 saturated heterocycles. The van der Waals surface area contributed by atoms with Gasteiger partial charge in [-0.15, -0.1) is 0 Å². The Labute approximate surface area is 126 Å². The van der Waals surface area contributed by atoms with Crippen molar-refractivity contribution in [1.29, 1.82) is 0 Å². The van der Waals surface area contributed by atoms with E-state index in [0.29, 0.717) is 11.5 Å². The molecule has 0 aliphatic heterocycles. The number of hydrogen-bond donors (Lipinski definition) is 2. The molecule has 5 heteroatoms. The van der Waals surface area contributed by atoms with Crippen molar-refractivity contribution in [3.8, 4) is 0 Å². The molecule has 0 unspecified atom stereocenters. The summed E-state index contributed by atoms with van der Waals surface area (Å²) >= 11 is 0. The molecule has 0 aliphatic rings. The maximum absolute atomic E-state index is 6.21. The molecule has 0 fully saturated rings. The lowest BCUT2D eigenvalue weighted by Gasteiger charge is -2.20. The van der Waals surface area contributed by atoms with Gasteiger partial charge in [-0.3, -0.25) is 0 Å². The molecule has 2 aromatic rings. The molecule has 1 aromatic carbocycles. The van der Waals surface area contributed by atoms with E-state index < -0.39 is 0 Å². The lowest BCUT2D eigenvalue weighted by atomic mass is 10.2. The highest BCUT2D eigenvalue weighted by molar-refractivity contribution is 5.78. The van der Waals surface area contributed by atoms with Gasteiger partial charge in [-0.2, -0.15) is 0 Å². The van der Waals surface area contributed by atoms with Gasteiger partial charge in [0.15, 0.2) is 11.6 Å². The molecule has 3 N–H and O–H groups in total. The summed E-state index contributed by atoms with van der Waals surface area (Å²) < 4.78 is 0. The number of anilines is 4. The molecule has 1 heterocycles. The lowest BCUT2D eigenvalue weighted by molar-refractivity contribution is 0.759. The van der Waals surface area contributed by atoms with Gasteiger partial charge < -0.3 is 16.0 Å². The molecular formula is C16H23N5. The predicted octanol–water partition coefficient (Wildman–Crippen LogP) is 3.35. The van der Waals surface area contributed by atoms with Crippen LogP contribution in [0.2, 0.25) is 0 Å². The normalized spacial score (nSPS) is 10.4. The number of aromatic nitrogens is 2. The summed E-state index contributed by atoms with van der Waals surface area (Å²) in [5, 5.41) is 3.26. The zero-order chi connectivity index (χ0) is 15.2. The van der Waals surface area contributed by atoms with Crippen molar-refractivity contribution in [3.63, 3.8) is 0 Å². The number of hydrogen-bond acceptors (Lipinski definition) is 5. The fourth-order valence-electron chi connectivity index (χ4n) is 2.15. The second-order valence-corrected chi connectivity index (χ2v) is 5.23. The number of nitrogens with one attached hydrogen (secondary N) is 1. The summed E-state index contributed by atoms with van der Waals surface area (Å²) in [5.41, 5.74) is 8.96. The highest BCUT2D eigenvalue weighted by Crippen LogP contribution is 2.28. The summed E-state index contributed by atoms with van der Waals surface area (Å²) in [4.78, 5) is 10.6. The minimum Gasteiger partial charge on any atom is -0.393 e. The number of aryl methyl sites for hydroxylation is 1. The Kier molecular flexibility index (Phi) is 4.98. The van der Waals surface area contributed by atoms with Crippen LogP contribution >= 0.6 is 0 Å². The Hall–Kier alpha value is -2.30. The van der Waals surface area contributed by atoms with Gasteiger partial charge in [-0.1, -0.05) is 25.5 Å². The first kappa shape index (κ1) is 15.1. The average Bonchev–Trinajstić information content (AvgIpc) is 2.47. The van der Waals surface area contributed by atoms with Crippen LogP contribution in [0.15, 0.2) is 30.6 Å². The summed E-state index contributed by atoms with van der Waals surface area (Å²) in [5.74, 6) is 1.42. The minimum atomic E-state index is 0.581. The van der Waals surface area contributed by atoms with Gasteiger partial charge in [0, 0.05) is 19.3 Å². The summed E-state index contributed by atoms with van der Waals surface area (Å²) in [7, 11) is 2.00. The predicted molar refractivity (Wildman–Crippen MR) is 89.1 cm³/mol. The van der Waals surface area contributed by atoms with Gasteiger partial charge in [-0.05, 0) is 31.0 Å². The third kappa shape index (κ3) is 3.84. The number of rotatable bonds is 6. The second kappa shape index (κ2) is 6.92. The van der Waals surface area contributed by atoms with Crippen molar-refractivity contribution < 1.29 is 0 Å². The van der Waals surface area contributed by atoms with E-state index in [-0.39, 0.29) is 0 Å². The number of nitrogens with zero attached hydrogens (tertiary/aromatic N) is 3. The SMILES string of the molecule is CCCCN(C)c1ncnc(Nc2cccc(C)c2)c1N. The van der Waals surface area contributed by atoms with E-state index in [9.17, 15) is 0 Å². The highest BCUT2D eigenvalue weighted by atomic mass is 15.2. The molecule has 21 heavy (non-hydrogen) atoms. The van der Waals surface area contributed by atoms with E-state index in [1.165, 1.54) is 5.56 Å². The van der Waals surface area contributed by atoms with Crippen LogP contribution in [0, 0.1) is 6.92 Å². The van der Waals surface area contributed by atoms with Crippen LogP contribution in [0.1, 0.15) is 25.3 Å². The molecule has 1 aromatic heterocycles. The molecular weight excluding hydrogens is 262 g/mol. The Balaban J connectivity index is 2.21. The molecule has 0 amide bonds. The van der Waals surface area contributed by atoms with Gasteiger partial charge in [0.2, 0.25) is 0 Å². The number of nitrogen functional groups attached to an aromatic ring is 1. The summed E-state index contributed by atoms with van der Waals surface area (Å²) in [6, 6.07) is 8.11. The first-order chi connectivity index (χ1) is 10.1. The van der Waals surface area contributed by atoms with E-state index >= 15 is 0 Å². The number of unbranched alkanes of at least 4 members (excludes halogenated alkanes) is 1.